The topological polar surface area (TPSA) is 65.3 Å². The molecular formula is C13H12N2O3. The van der Waals surface area contributed by atoms with Crippen molar-refractivity contribution in [3.63, 3.8) is 0 Å². The van der Waals surface area contributed by atoms with E-state index in [4.69, 9.17) is 4.74 Å². The number of pyridine rings is 1. The van der Waals surface area contributed by atoms with Crippen LogP contribution in [0.4, 0.5) is 5.69 Å². The standard InChI is InChI=1S/C13H12N2O3/c16-15(17)12-4-6-13(7-5-12)18-10-8-11-3-1-2-9-14-11/h1-7,9H,8,10H2. The average molecular weight is 244 g/mol. The van der Waals surface area contributed by atoms with Crippen molar-refractivity contribution in [2.24, 2.45) is 0 Å². The first-order valence-corrected chi connectivity index (χ1v) is 5.53. The Kier molecular flexibility index (Phi) is 3.86. The summed E-state index contributed by atoms with van der Waals surface area (Å²) >= 11 is 0. The van der Waals surface area contributed by atoms with E-state index in [-0.39, 0.29) is 5.69 Å². The van der Waals surface area contributed by atoms with Crippen molar-refractivity contribution in [3.8, 4) is 5.75 Å². The summed E-state index contributed by atoms with van der Waals surface area (Å²) in [6, 6.07) is 11.8. The van der Waals surface area contributed by atoms with Crippen LogP contribution in [0.5, 0.6) is 5.75 Å². The number of rotatable bonds is 5. The van der Waals surface area contributed by atoms with Crippen molar-refractivity contribution in [1.82, 2.24) is 4.98 Å². The molecule has 2 rings (SSSR count). The number of non-ortho nitro benzene ring substituents is 1. The van der Waals surface area contributed by atoms with Gasteiger partial charge in [-0.1, -0.05) is 6.07 Å². The molecule has 0 spiro atoms. The minimum absolute atomic E-state index is 0.0621. The second-order valence-corrected chi connectivity index (χ2v) is 3.67. The lowest BCUT2D eigenvalue weighted by Crippen LogP contribution is -2.02. The number of hydrogen-bond donors (Lipinski definition) is 0. The van der Waals surface area contributed by atoms with E-state index >= 15 is 0 Å². The van der Waals surface area contributed by atoms with Gasteiger partial charge in [0.05, 0.1) is 11.5 Å². The number of ether oxygens (including phenoxy) is 1. The van der Waals surface area contributed by atoms with Gasteiger partial charge < -0.3 is 4.74 Å². The van der Waals surface area contributed by atoms with Crippen LogP contribution in [-0.4, -0.2) is 16.5 Å². The van der Waals surface area contributed by atoms with Gasteiger partial charge in [-0.05, 0) is 24.3 Å². The van der Waals surface area contributed by atoms with Gasteiger partial charge in [-0.2, -0.15) is 0 Å². The number of hydrogen-bond acceptors (Lipinski definition) is 4. The van der Waals surface area contributed by atoms with Gasteiger partial charge >= 0.3 is 0 Å². The molecule has 0 fully saturated rings. The summed E-state index contributed by atoms with van der Waals surface area (Å²) in [6.07, 6.45) is 2.44. The number of nitrogens with zero attached hydrogens (tertiary/aromatic N) is 2. The van der Waals surface area contributed by atoms with Crippen molar-refractivity contribution in [2.45, 2.75) is 6.42 Å². The van der Waals surface area contributed by atoms with Gasteiger partial charge in [-0.15, -0.1) is 0 Å². The van der Waals surface area contributed by atoms with E-state index in [9.17, 15) is 10.1 Å². The van der Waals surface area contributed by atoms with E-state index in [1.165, 1.54) is 12.1 Å². The summed E-state index contributed by atoms with van der Waals surface area (Å²) in [6.45, 7) is 0.495. The molecule has 0 bridgehead atoms. The quantitative estimate of drug-likeness (QED) is 0.599. The average Bonchev–Trinajstić information content (AvgIpc) is 2.40. The van der Waals surface area contributed by atoms with E-state index < -0.39 is 4.92 Å². The zero-order chi connectivity index (χ0) is 12.8. The SMILES string of the molecule is O=[N+]([O-])c1ccc(OCCc2ccccn2)cc1. The maximum atomic E-state index is 10.5. The van der Waals surface area contributed by atoms with Gasteiger partial charge in [0, 0.05) is 30.4 Å². The fraction of sp³-hybridized carbons (Fsp3) is 0.154. The van der Waals surface area contributed by atoms with Crippen LogP contribution in [0.3, 0.4) is 0 Å². The van der Waals surface area contributed by atoms with Crippen LogP contribution in [0.1, 0.15) is 5.69 Å². The number of nitro groups is 1. The van der Waals surface area contributed by atoms with Gasteiger partial charge in [0.1, 0.15) is 5.75 Å². The lowest BCUT2D eigenvalue weighted by Gasteiger charge is -2.05. The van der Waals surface area contributed by atoms with E-state index in [1.54, 1.807) is 18.3 Å². The number of benzene rings is 1. The second kappa shape index (κ2) is 5.77. The molecule has 5 heteroatoms. The molecule has 0 saturated heterocycles. The molecule has 5 nitrogen and oxygen atoms in total. The molecule has 0 aliphatic heterocycles. The van der Waals surface area contributed by atoms with Crippen molar-refractivity contribution < 1.29 is 9.66 Å². The molecule has 2 aromatic rings. The van der Waals surface area contributed by atoms with E-state index in [0.29, 0.717) is 18.8 Å². The zero-order valence-electron chi connectivity index (χ0n) is 9.65. The second-order valence-electron chi connectivity index (χ2n) is 3.67. The van der Waals surface area contributed by atoms with E-state index in [2.05, 4.69) is 4.98 Å². The van der Waals surface area contributed by atoms with E-state index in [1.807, 2.05) is 18.2 Å². The van der Waals surface area contributed by atoms with Gasteiger partial charge in [-0.3, -0.25) is 15.1 Å². The number of nitro benzene ring substituents is 1. The molecule has 0 amide bonds. The lowest BCUT2D eigenvalue weighted by molar-refractivity contribution is -0.384. The summed E-state index contributed by atoms with van der Waals surface area (Å²) in [4.78, 5) is 14.2. The molecule has 1 aromatic heterocycles. The first kappa shape index (κ1) is 12.0. The molecule has 0 radical (unpaired) electrons. The Bertz CT molecular complexity index is 512. The first-order valence-electron chi connectivity index (χ1n) is 5.53. The van der Waals surface area contributed by atoms with Crippen LogP contribution < -0.4 is 4.74 Å². The van der Waals surface area contributed by atoms with Gasteiger partial charge in [0.25, 0.3) is 5.69 Å². The number of aromatic nitrogens is 1. The fourth-order valence-corrected chi connectivity index (χ4v) is 1.48. The lowest BCUT2D eigenvalue weighted by atomic mass is 10.3. The Balaban J connectivity index is 1.85. The Labute approximate surface area is 104 Å². The first-order chi connectivity index (χ1) is 8.75. The van der Waals surface area contributed by atoms with Crippen LogP contribution >= 0.6 is 0 Å². The summed E-state index contributed by atoms with van der Waals surface area (Å²) in [7, 11) is 0. The smallest absolute Gasteiger partial charge is 0.269 e. The zero-order valence-corrected chi connectivity index (χ0v) is 9.65. The molecule has 0 atom stereocenters. The Morgan fingerprint density at radius 1 is 1.17 bits per heavy atom. The highest BCUT2D eigenvalue weighted by Gasteiger charge is 2.04. The van der Waals surface area contributed by atoms with Crippen LogP contribution in [0, 0.1) is 10.1 Å². The largest absolute Gasteiger partial charge is 0.493 e. The molecule has 1 aromatic carbocycles. The monoisotopic (exact) mass is 244 g/mol. The van der Waals surface area contributed by atoms with Gasteiger partial charge in [-0.25, -0.2) is 0 Å². The predicted molar refractivity (Wildman–Crippen MR) is 66.5 cm³/mol. The maximum Gasteiger partial charge on any atom is 0.269 e. The van der Waals surface area contributed by atoms with Gasteiger partial charge in [0.2, 0.25) is 0 Å². The Morgan fingerprint density at radius 3 is 2.56 bits per heavy atom. The fourth-order valence-electron chi connectivity index (χ4n) is 1.48. The molecule has 1 heterocycles. The van der Waals surface area contributed by atoms with Crippen molar-refractivity contribution in [1.29, 1.82) is 0 Å². The highest BCUT2D eigenvalue weighted by atomic mass is 16.6. The molecule has 0 N–H and O–H groups in total. The van der Waals surface area contributed by atoms with Crippen molar-refractivity contribution in [3.05, 3.63) is 64.5 Å². The highest BCUT2D eigenvalue weighted by Crippen LogP contribution is 2.17. The molecule has 92 valence electrons. The van der Waals surface area contributed by atoms with Crippen LogP contribution in [0.15, 0.2) is 48.7 Å². The van der Waals surface area contributed by atoms with Crippen molar-refractivity contribution >= 4 is 5.69 Å². The third-order valence-electron chi connectivity index (χ3n) is 2.40. The molecular weight excluding hydrogens is 232 g/mol. The van der Waals surface area contributed by atoms with Gasteiger partial charge in [0.15, 0.2) is 0 Å². The minimum Gasteiger partial charge on any atom is -0.493 e. The maximum absolute atomic E-state index is 10.5. The van der Waals surface area contributed by atoms with Crippen LogP contribution in [-0.2, 0) is 6.42 Å². The third kappa shape index (κ3) is 3.28. The van der Waals surface area contributed by atoms with Crippen molar-refractivity contribution in [2.75, 3.05) is 6.61 Å². The Hall–Kier alpha value is -2.43. The summed E-state index contributed by atoms with van der Waals surface area (Å²) in [5.41, 5.74) is 1.02. The normalized spacial score (nSPS) is 10.0. The van der Waals surface area contributed by atoms with Crippen LogP contribution in [0.2, 0.25) is 0 Å². The molecule has 18 heavy (non-hydrogen) atoms. The molecule has 0 saturated carbocycles. The predicted octanol–water partition coefficient (Wildman–Crippen LogP) is 2.61. The summed E-state index contributed by atoms with van der Waals surface area (Å²) in [5.74, 6) is 0.622. The highest BCUT2D eigenvalue weighted by molar-refractivity contribution is 5.35. The summed E-state index contributed by atoms with van der Waals surface area (Å²) in [5, 5.41) is 10.5. The summed E-state index contributed by atoms with van der Waals surface area (Å²) < 4.78 is 5.48. The Morgan fingerprint density at radius 2 is 1.94 bits per heavy atom. The van der Waals surface area contributed by atoms with E-state index in [0.717, 1.165) is 5.69 Å². The molecule has 0 unspecified atom stereocenters. The van der Waals surface area contributed by atoms with Crippen LogP contribution in [0.25, 0.3) is 0 Å². The molecule has 0 aliphatic rings. The molecule has 0 aliphatic carbocycles. The minimum atomic E-state index is -0.433. The third-order valence-corrected chi connectivity index (χ3v) is 2.40.